The molecule has 106 valence electrons. The Labute approximate surface area is 117 Å². The second kappa shape index (κ2) is 5.78. The van der Waals surface area contributed by atoms with Crippen LogP contribution in [0.25, 0.3) is 0 Å². The Morgan fingerprint density at radius 3 is 2.32 bits per heavy atom. The number of piperidine rings is 1. The van der Waals surface area contributed by atoms with Crippen LogP contribution < -0.4 is 0 Å². The van der Waals surface area contributed by atoms with Crippen LogP contribution in [0.15, 0.2) is 11.6 Å². The molecule has 0 N–H and O–H groups in total. The normalized spacial score (nSPS) is 28.1. The van der Waals surface area contributed by atoms with Crippen molar-refractivity contribution < 1.29 is 4.79 Å². The number of carbonyl (C=O) groups is 1. The molecule has 2 nitrogen and oxygen atoms in total. The highest BCUT2D eigenvalue weighted by Crippen LogP contribution is 2.40. The summed E-state index contributed by atoms with van der Waals surface area (Å²) in [6.07, 6.45) is 15.5. The minimum Gasteiger partial charge on any atom is -0.292 e. The summed E-state index contributed by atoms with van der Waals surface area (Å²) in [4.78, 5) is 15.7. The second-order valence-electron chi connectivity index (χ2n) is 6.59. The Morgan fingerprint density at radius 1 is 0.947 bits per heavy atom. The van der Waals surface area contributed by atoms with Gasteiger partial charge in [-0.1, -0.05) is 25.3 Å². The minimum absolute atomic E-state index is 0.0937. The van der Waals surface area contributed by atoms with Crippen molar-refractivity contribution in [2.75, 3.05) is 13.1 Å². The lowest BCUT2D eigenvalue weighted by Crippen LogP contribution is -2.55. The molecule has 2 heteroatoms. The predicted octanol–water partition coefficient (Wildman–Crippen LogP) is 3.85. The van der Waals surface area contributed by atoms with Gasteiger partial charge in [0.1, 0.15) is 0 Å². The third-order valence-corrected chi connectivity index (χ3v) is 5.40. The first-order chi connectivity index (χ1) is 9.33. The SMILES string of the molecule is O=C(C1=CCCCC1)C1(N2CCCCC2)CCCC1. The summed E-state index contributed by atoms with van der Waals surface area (Å²) < 4.78 is 0. The fraction of sp³-hybridized carbons (Fsp3) is 0.824. The van der Waals surface area contributed by atoms with Crippen molar-refractivity contribution in [1.82, 2.24) is 4.90 Å². The van der Waals surface area contributed by atoms with E-state index in [0.717, 1.165) is 38.8 Å². The van der Waals surface area contributed by atoms with Crippen LogP contribution in [0.3, 0.4) is 0 Å². The lowest BCUT2D eigenvalue weighted by Gasteiger charge is -2.43. The zero-order valence-corrected chi connectivity index (χ0v) is 12.1. The quantitative estimate of drug-likeness (QED) is 0.769. The third-order valence-electron chi connectivity index (χ3n) is 5.40. The maximum absolute atomic E-state index is 13.1. The molecule has 1 saturated heterocycles. The highest BCUT2D eigenvalue weighted by Gasteiger charge is 2.46. The van der Waals surface area contributed by atoms with Gasteiger partial charge in [0.25, 0.3) is 0 Å². The monoisotopic (exact) mass is 261 g/mol. The number of likely N-dealkylation sites (tertiary alicyclic amines) is 1. The number of hydrogen-bond acceptors (Lipinski definition) is 2. The number of ketones is 1. The lowest BCUT2D eigenvalue weighted by atomic mass is 9.81. The van der Waals surface area contributed by atoms with Gasteiger partial charge in [-0.15, -0.1) is 0 Å². The van der Waals surface area contributed by atoms with E-state index < -0.39 is 0 Å². The van der Waals surface area contributed by atoms with Crippen molar-refractivity contribution in [3.8, 4) is 0 Å². The zero-order chi connectivity index (χ0) is 13.1. The molecule has 1 heterocycles. The molecule has 1 aliphatic heterocycles. The van der Waals surface area contributed by atoms with E-state index in [0.29, 0.717) is 5.78 Å². The molecule has 2 fully saturated rings. The van der Waals surface area contributed by atoms with Crippen molar-refractivity contribution >= 4 is 5.78 Å². The maximum atomic E-state index is 13.1. The van der Waals surface area contributed by atoms with Crippen molar-refractivity contribution in [1.29, 1.82) is 0 Å². The van der Waals surface area contributed by atoms with Gasteiger partial charge >= 0.3 is 0 Å². The molecule has 0 spiro atoms. The number of rotatable bonds is 3. The van der Waals surface area contributed by atoms with Gasteiger partial charge in [-0.3, -0.25) is 9.69 Å². The van der Waals surface area contributed by atoms with Crippen LogP contribution in [-0.4, -0.2) is 29.3 Å². The molecule has 1 saturated carbocycles. The predicted molar refractivity (Wildman–Crippen MR) is 78.2 cm³/mol. The van der Waals surface area contributed by atoms with Gasteiger partial charge < -0.3 is 0 Å². The molecule has 0 bridgehead atoms. The van der Waals surface area contributed by atoms with E-state index in [9.17, 15) is 4.79 Å². The second-order valence-corrected chi connectivity index (χ2v) is 6.59. The fourth-order valence-corrected chi connectivity index (χ4v) is 4.31. The van der Waals surface area contributed by atoms with E-state index in [4.69, 9.17) is 0 Å². The summed E-state index contributed by atoms with van der Waals surface area (Å²) in [5.74, 6) is 0.506. The molecule has 0 amide bonds. The number of allylic oxidation sites excluding steroid dienone is 1. The van der Waals surface area contributed by atoms with Gasteiger partial charge in [0.15, 0.2) is 5.78 Å². The Morgan fingerprint density at radius 2 is 1.68 bits per heavy atom. The van der Waals surface area contributed by atoms with Gasteiger partial charge in [0.2, 0.25) is 0 Å². The standard InChI is InChI=1S/C17H27NO/c19-16(15-9-3-1-4-10-15)17(11-5-6-12-17)18-13-7-2-8-14-18/h9H,1-8,10-14H2. The summed E-state index contributed by atoms with van der Waals surface area (Å²) in [6.45, 7) is 2.30. The number of nitrogens with zero attached hydrogens (tertiary/aromatic N) is 1. The molecule has 0 aromatic heterocycles. The first kappa shape index (κ1) is 13.4. The molecule has 2 aliphatic carbocycles. The Bertz CT molecular complexity index is 359. The smallest absolute Gasteiger partial charge is 0.178 e. The van der Waals surface area contributed by atoms with Crippen LogP contribution in [0.5, 0.6) is 0 Å². The number of hydrogen-bond donors (Lipinski definition) is 0. The van der Waals surface area contributed by atoms with Crippen molar-refractivity contribution in [3.63, 3.8) is 0 Å². The number of carbonyl (C=O) groups excluding carboxylic acids is 1. The largest absolute Gasteiger partial charge is 0.292 e. The zero-order valence-electron chi connectivity index (χ0n) is 12.1. The molecule has 19 heavy (non-hydrogen) atoms. The van der Waals surface area contributed by atoms with E-state index in [1.54, 1.807) is 0 Å². The van der Waals surface area contributed by atoms with Gasteiger partial charge in [-0.25, -0.2) is 0 Å². The van der Waals surface area contributed by atoms with Crippen molar-refractivity contribution in [3.05, 3.63) is 11.6 Å². The summed E-state index contributed by atoms with van der Waals surface area (Å²) in [6, 6.07) is 0. The fourth-order valence-electron chi connectivity index (χ4n) is 4.31. The first-order valence-corrected chi connectivity index (χ1v) is 8.32. The molecule has 0 unspecified atom stereocenters. The van der Waals surface area contributed by atoms with E-state index in [1.165, 1.54) is 50.5 Å². The van der Waals surface area contributed by atoms with Crippen LogP contribution in [0.2, 0.25) is 0 Å². The molecule has 0 radical (unpaired) electrons. The van der Waals surface area contributed by atoms with E-state index in [-0.39, 0.29) is 5.54 Å². The topological polar surface area (TPSA) is 20.3 Å². The van der Waals surface area contributed by atoms with Crippen LogP contribution >= 0.6 is 0 Å². The lowest BCUT2D eigenvalue weighted by molar-refractivity contribution is -0.128. The third kappa shape index (κ3) is 2.52. The first-order valence-electron chi connectivity index (χ1n) is 8.32. The van der Waals surface area contributed by atoms with Crippen molar-refractivity contribution in [2.24, 2.45) is 0 Å². The van der Waals surface area contributed by atoms with Crippen LogP contribution in [0.1, 0.15) is 70.6 Å². The highest BCUT2D eigenvalue weighted by atomic mass is 16.1. The highest BCUT2D eigenvalue weighted by molar-refractivity contribution is 6.03. The minimum atomic E-state index is -0.0937. The van der Waals surface area contributed by atoms with Crippen LogP contribution in [0.4, 0.5) is 0 Å². The summed E-state index contributed by atoms with van der Waals surface area (Å²) in [5, 5.41) is 0. The molecule has 0 atom stereocenters. The van der Waals surface area contributed by atoms with Crippen molar-refractivity contribution in [2.45, 2.75) is 76.2 Å². The van der Waals surface area contributed by atoms with E-state index >= 15 is 0 Å². The molecule has 0 aromatic carbocycles. The van der Waals surface area contributed by atoms with E-state index in [1.807, 2.05) is 0 Å². The Balaban J connectivity index is 1.82. The average Bonchev–Trinajstić information content (AvgIpc) is 2.99. The van der Waals surface area contributed by atoms with Gasteiger partial charge in [0.05, 0.1) is 5.54 Å². The summed E-state index contributed by atoms with van der Waals surface area (Å²) in [7, 11) is 0. The number of Topliss-reactive ketones (excluding diaryl/α,β-unsaturated/α-hetero) is 1. The van der Waals surface area contributed by atoms with E-state index in [2.05, 4.69) is 11.0 Å². The molecular weight excluding hydrogens is 234 g/mol. The molecular formula is C17H27NO. The maximum Gasteiger partial charge on any atom is 0.178 e. The molecule has 3 aliphatic rings. The van der Waals surface area contributed by atoms with Gasteiger partial charge in [-0.2, -0.15) is 0 Å². The van der Waals surface area contributed by atoms with Crippen LogP contribution in [0, 0.1) is 0 Å². The Hall–Kier alpha value is -0.630. The van der Waals surface area contributed by atoms with Gasteiger partial charge in [-0.05, 0) is 70.0 Å². The average molecular weight is 261 g/mol. The molecule has 0 aromatic rings. The van der Waals surface area contributed by atoms with Gasteiger partial charge in [0, 0.05) is 0 Å². The Kier molecular flexibility index (Phi) is 4.07. The van der Waals surface area contributed by atoms with Crippen LogP contribution in [-0.2, 0) is 4.79 Å². The molecule has 3 rings (SSSR count). The summed E-state index contributed by atoms with van der Waals surface area (Å²) >= 11 is 0. The summed E-state index contributed by atoms with van der Waals surface area (Å²) in [5.41, 5.74) is 1.07.